The second-order valence-electron chi connectivity index (χ2n) is 11.1. The third kappa shape index (κ3) is 6.80. The molecule has 1 aliphatic heterocycles. The molecular formula is C40H23Br4O4+. The summed E-state index contributed by atoms with van der Waals surface area (Å²) in [5.41, 5.74) is 3.57. The first-order valence-corrected chi connectivity index (χ1v) is 18.0. The van der Waals surface area contributed by atoms with Gasteiger partial charge >= 0.3 is 11.5 Å². The van der Waals surface area contributed by atoms with Crippen molar-refractivity contribution in [2.75, 3.05) is 0 Å². The van der Waals surface area contributed by atoms with E-state index in [4.69, 9.17) is 9.15 Å². The zero-order chi connectivity index (χ0) is 33.4. The topological polar surface area (TPSA) is 54.7 Å². The molecule has 6 aromatic rings. The maximum atomic E-state index is 13.6. The summed E-state index contributed by atoms with van der Waals surface area (Å²) in [4.78, 5) is 27.1. The Morgan fingerprint density at radius 1 is 0.542 bits per heavy atom. The third-order valence-electron chi connectivity index (χ3n) is 7.90. The van der Waals surface area contributed by atoms with Gasteiger partial charge in [0.05, 0.1) is 33.7 Å². The molecule has 7 rings (SSSR count). The number of hydrogen-bond acceptors (Lipinski definition) is 3. The lowest BCUT2D eigenvalue weighted by Crippen LogP contribution is -2.64. The van der Waals surface area contributed by atoms with Gasteiger partial charge in [-0.25, -0.2) is 4.42 Å². The van der Waals surface area contributed by atoms with E-state index in [1.54, 1.807) is 12.2 Å². The van der Waals surface area contributed by atoms with Crippen LogP contribution in [0.5, 0.6) is 0 Å². The Morgan fingerprint density at radius 3 is 1.67 bits per heavy atom. The average Bonchev–Trinajstić information content (AvgIpc) is 3.12. The number of ether oxygens (including phenoxy) is 1. The van der Waals surface area contributed by atoms with Gasteiger partial charge in [0, 0.05) is 34.9 Å². The van der Waals surface area contributed by atoms with Crippen LogP contribution in [0.4, 0.5) is 0 Å². The van der Waals surface area contributed by atoms with Crippen LogP contribution in [-0.4, -0.2) is 0 Å². The Hall–Kier alpha value is -3.95. The van der Waals surface area contributed by atoms with Gasteiger partial charge < -0.3 is 4.74 Å². The van der Waals surface area contributed by atoms with E-state index in [2.05, 4.69) is 63.7 Å². The lowest BCUT2D eigenvalue weighted by Gasteiger charge is -2.21. The van der Waals surface area contributed by atoms with E-state index in [1.165, 1.54) is 0 Å². The summed E-state index contributed by atoms with van der Waals surface area (Å²) in [6.45, 7) is 0. The lowest BCUT2D eigenvalue weighted by molar-refractivity contribution is 0.458. The van der Waals surface area contributed by atoms with Crippen molar-refractivity contribution in [3.63, 3.8) is 0 Å². The van der Waals surface area contributed by atoms with Crippen LogP contribution in [0.1, 0.15) is 16.7 Å². The molecule has 0 aliphatic carbocycles. The molecule has 1 aliphatic rings. The first kappa shape index (κ1) is 32.6. The van der Waals surface area contributed by atoms with Gasteiger partial charge in [-0.15, -0.1) is 0 Å². The summed E-state index contributed by atoms with van der Waals surface area (Å²) in [6, 6.07) is 34.9. The smallest absolute Gasteiger partial charge is 0.361 e. The molecule has 8 heteroatoms. The van der Waals surface area contributed by atoms with Crippen LogP contribution in [0.25, 0.3) is 46.3 Å². The van der Waals surface area contributed by atoms with E-state index >= 15 is 0 Å². The van der Waals surface area contributed by atoms with Gasteiger partial charge in [-0.2, -0.15) is 0 Å². The molecule has 0 radical (unpaired) electrons. The Morgan fingerprint density at radius 2 is 1.06 bits per heavy atom. The molecule has 0 N–H and O–H groups in total. The van der Waals surface area contributed by atoms with Crippen LogP contribution in [0.3, 0.4) is 0 Å². The number of benzene rings is 4. The van der Waals surface area contributed by atoms with Crippen molar-refractivity contribution >= 4 is 87.4 Å². The van der Waals surface area contributed by atoms with E-state index in [0.717, 1.165) is 40.1 Å². The highest BCUT2D eigenvalue weighted by Crippen LogP contribution is 2.36. The van der Waals surface area contributed by atoms with E-state index < -0.39 is 0 Å². The first-order valence-electron chi connectivity index (χ1n) is 14.9. The minimum atomic E-state index is -0.349. The third-order valence-corrected chi connectivity index (χ3v) is 11.7. The van der Waals surface area contributed by atoms with Crippen LogP contribution in [0.15, 0.2) is 153 Å². The molecule has 0 saturated heterocycles. The van der Waals surface area contributed by atoms with Gasteiger partial charge in [0.2, 0.25) is 10.9 Å². The summed E-state index contributed by atoms with van der Waals surface area (Å²) >= 11 is 14.2. The molecule has 0 fully saturated rings. The minimum Gasteiger partial charge on any atom is -0.457 e. The average molecular weight is 887 g/mol. The Bertz CT molecular complexity index is 2430. The fourth-order valence-corrected chi connectivity index (χ4v) is 6.71. The van der Waals surface area contributed by atoms with Crippen molar-refractivity contribution in [3.8, 4) is 22.6 Å². The fraction of sp³-hybridized carbons (Fsp3) is 0.0250. The Kier molecular flexibility index (Phi) is 9.43. The van der Waals surface area contributed by atoms with Gasteiger partial charge in [-0.05, 0) is 130 Å². The number of hydrogen-bond donors (Lipinski definition) is 0. The molecule has 4 nitrogen and oxygen atoms in total. The van der Waals surface area contributed by atoms with E-state index in [1.807, 2.05) is 121 Å². The van der Waals surface area contributed by atoms with E-state index in [9.17, 15) is 9.59 Å². The van der Waals surface area contributed by atoms with E-state index in [0.29, 0.717) is 28.6 Å². The molecular weight excluding hydrogens is 864 g/mol. The molecule has 1 aromatic heterocycles. The van der Waals surface area contributed by atoms with Crippen LogP contribution in [0.2, 0.25) is 0 Å². The van der Waals surface area contributed by atoms with Gasteiger partial charge in [-0.3, -0.25) is 9.59 Å². The highest BCUT2D eigenvalue weighted by atomic mass is 79.9. The van der Waals surface area contributed by atoms with Crippen LogP contribution in [0, 0.1) is 5.92 Å². The second-order valence-corrected chi connectivity index (χ2v) is 14.6. The maximum absolute atomic E-state index is 13.6. The molecule has 0 saturated carbocycles. The quantitative estimate of drug-likeness (QED) is 0.157. The zero-order valence-electron chi connectivity index (χ0n) is 24.9. The lowest BCUT2D eigenvalue weighted by atomic mass is 9.97. The molecule has 48 heavy (non-hydrogen) atoms. The second kappa shape index (κ2) is 13.9. The molecule has 2 heterocycles. The minimum absolute atomic E-state index is 0.134. The van der Waals surface area contributed by atoms with Gasteiger partial charge in [0.1, 0.15) is 11.5 Å². The largest absolute Gasteiger partial charge is 0.457 e. The Balaban J connectivity index is 1.32. The first-order chi connectivity index (χ1) is 23.2. The summed E-state index contributed by atoms with van der Waals surface area (Å²) in [6.07, 6.45) is 7.22. The monoisotopic (exact) mass is 883 g/mol. The van der Waals surface area contributed by atoms with Crippen molar-refractivity contribution < 1.29 is 9.15 Å². The predicted octanol–water partition coefficient (Wildman–Crippen LogP) is 9.88. The standard InChI is InChI=1S/C40H23Br4O4/c41-31-13-11-27(21-33(31)43)37-19-23(17-35(47-37)25-7-3-1-4-8-25)15-29-39(45)30(40(29)46)16-24-18-36(26-9-5-2-6-10-26)48-38(20-24)28-12-14-32(42)34(44)22-28/h1-23H/q+1. The summed E-state index contributed by atoms with van der Waals surface area (Å²) in [5.74, 6) is 2.16. The van der Waals surface area contributed by atoms with Crippen LogP contribution in [-0.2, 0) is 4.74 Å². The van der Waals surface area contributed by atoms with Crippen molar-refractivity contribution in [2.45, 2.75) is 0 Å². The van der Waals surface area contributed by atoms with Crippen LogP contribution >= 0.6 is 63.7 Å². The molecule has 1 unspecified atom stereocenters. The Labute approximate surface area is 309 Å². The fourth-order valence-electron chi connectivity index (χ4n) is 5.46. The van der Waals surface area contributed by atoms with Crippen molar-refractivity contribution in [1.29, 1.82) is 0 Å². The zero-order valence-corrected chi connectivity index (χ0v) is 31.3. The summed E-state index contributed by atoms with van der Waals surface area (Å²) in [5, 5.41) is 0.292. The predicted molar refractivity (Wildman–Crippen MR) is 207 cm³/mol. The van der Waals surface area contributed by atoms with Crippen molar-refractivity contribution in [1.82, 2.24) is 0 Å². The SMILES string of the molecule is O=c1c(=Cc2cc(-c3ccccc3)[o+]c(-c3ccc(Br)c(Br)c3)c2)c(=O)c1=CC1C=C(c2ccccc2)OC(c2ccc(Br)c(Br)c2)=C1. The number of allylic oxidation sites excluding steroid dienone is 2. The normalized spacial score (nSPS) is 14.2. The van der Waals surface area contributed by atoms with Crippen molar-refractivity contribution in [2.24, 2.45) is 5.92 Å². The molecule has 1 atom stereocenters. The molecule has 0 bridgehead atoms. The number of halogens is 4. The molecule has 0 spiro atoms. The summed E-state index contributed by atoms with van der Waals surface area (Å²) < 4.78 is 16.3. The van der Waals surface area contributed by atoms with Crippen molar-refractivity contribution in [3.05, 3.63) is 187 Å². The van der Waals surface area contributed by atoms with Crippen LogP contribution < -0.4 is 21.3 Å². The van der Waals surface area contributed by atoms with Gasteiger partial charge in [0.25, 0.3) is 0 Å². The number of rotatable bonds is 6. The molecule has 0 amide bonds. The highest BCUT2D eigenvalue weighted by Gasteiger charge is 2.22. The van der Waals surface area contributed by atoms with Gasteiger partial charge in [-0.1, -0.05) is 60.7 Å². The van der Waals surface area contributed by atoms with Gasteiger partial charge in [0.15, 0.2) is 0 Å². The highest BCUT2D eigenvalue weighted by molar-refractivity contribution is 9.13. The molecule has 234 valence electrons. The maximum Gasteiger partial charge on any atom is 0.361 e. The molecule has 5 aromatic carbocycles. The summed E-state index contributed by atoms with van der Waals surface area (Å²) in [7, 11) is 0. The van der Waals surface area contributed by atoms with E-state index in [-0.39, 0.29) is 27.2 Å².